The lowest BCUT2D eigenvalue weighted by Gasteiger charge is -2.06. The van der Waals surface area contributed by atoms with Gasteiger partial charge in [-0.1, -0.05) is 12.1 Å². The van der Waals surface area contributed by atoms with Gasteiger partial charge in [0.25, 0.3) is 0 Å². The molecule has 0 heterocycles. The van der Waals surface area contributed by atoms with E-state index in [0.29, 0.717) is 26.2 Å². The third-order valence-corrected chi connectivity index (χ3v) is 2.02. The van der Waals surface area contributed by atoms with Gasteiger partial charge in [0.1, 0.15) is 12.4 Å². The molecule has 0 bridgehead atoms. The molecule has 0 saturated heterocycles. The van der Waals surface area contributed by atoms with Crippen LogP contribution in [0.25, 0.3) is 0 Å². The van der Waals surface area contributed by atoms with E-state index < -0.39 is 0 Å². The summed E-state index contributed by atoms with van der Waals surface area (Å²) in [4.78, 5) is 0. The summed E-state index contributed by atoms with van der Waals surface area (Å²) in [6.07, 6.45) is 0.485. The minimum atomic E-state index is 0.171. The number of hydrogen-bond donors (Lipinski definition) is 2. The zero-order chi connectivity index (χ0) is 11.8. The van der Waals surface area contributed by atoms with Crippen molar-refractivity contribution in [3.63, 3.8) is 0 Å². The van der Waals surface area contributed by atoms with Crippen LogP contribution in [0.4, 0.5) is 0 Å². The molecule has 4 nitrogen and oxygen atoms in total. The van der Waals surface area contributed by atoms with E-state index in [1.165, 1.54) is 0 Å². The summed E-state index contributed by atoms with van der Waals surface area (Å²) < 4.78 is 10.6. The predicted octanol–water partition coefficient (Wildman–Crippen LogP) is 1.58. The lowest BCUT2D eigenvalue weighted by atomic mass is 10.1. The van der Waals surface area contributed by atoms with Crippen molar-refractivity contribution in [1.82, 2.24) is 0 Å². The van der Waals surface area contributed by atoms with Gasteiger partial charge < -0.3 is 15.2 Å². The van der Waals surface area contributed by atoms with Crippen molar-refractivity contribution in [3.05, 3.63) is 29.8 Å². The Kier molecular flexibility index (Phi) is 5.36. The minimum Gasteiger partial charge on any atom is -0.491 e. The Bertz CT molecular complexity index is 322. The van der Waals surface area contributed by atoms with Crippen LogP contribution in [0, 0.1) is 5.41 Å². The first-order valence-electron chi connectivity index (χ1n) is 5.34. The molecule has 0 aliphatic carbocycles. The molecule has 0 aliphatic heterocycles. The van der Waals surface area contributed by atoms with Crippen molar-refractivity contribution in [3.8, 4) is 5.75 Å². The second kappa shape index (κ2) is 6.85. The summed E-state index contributed by atoms with van der Waals surface area (Å²) in [7, 11) is 0. The van der Waals surface area contributed by atoms with Crippen LogP contribution < -0.4 is 10.5 Å². The van der Waals surface area contributed by atoms with Gasteiger partial charge in [-0.2, -0.15) is 0 Å². The average Bonchev–Trinajstić information content (AvgIpc) is 2.26. The molecule has 1 aromatic rings. The summed E-state index contributed by atoms with van der Waals surface area (Å²) in [5, 5.41) is 7.17. The van der Waals surface area contributed by atoms with E-state index in [0.717, 1.165) is 11.3 Å². The van der Waals surface area contributed by atoms with Crippen LogP contribution in [0.3, 0.4) is 0 Å². The first kappa shape index (κ1) is 12.5. The number of amidine groups is 1. The third-order valence-electron chi connectivity index (χ3n) is 2.02. The molecule has 4 heteroatoms. The Labute approximate surface area is 95.9 Å². The van der Waals surface area contributed by atoms with Gasteiger partial charge in [-0.25, -0.2) is 0 Å². The van der Waals surface area contributed by atoms with E-state index in [-0.39, 0.29) is 5.84 Å². The molecule has 0 aliphatic rings. The molecule has 3 N–H and O–H groups in total. The Morgan fingerprint density at radius 1 is 1.25 bits per heavy atom. The van der Waals surface area contributed by atoms with Crippen molar-refractivity contribution in [2.75, 3.05) is 19.8 Å². The second-order valence-electron chi connectivity index (χ2n) is 3.39. The fourth-order valence-electron chi connectivity index (χ4n) is 1.29. The highest BCUT2D eigenvalue weighted by atomic mass is 16.5. The van der Waals surface area contributed by atoms with Gasteiger partial charge in [0, 0.05) is 13.0 Å². The molecular formula is C12H18N2O2. The van der Waals surface area contributed by atoms with Gasteiger partial charge in [-0.05, 0) is 24.6 Å². The molecule has 1 aromatic carbocycles. The van der Waals surface area contributed by atoms with Crippen LogP contribution in [0.5, 0.6) is 5.75 Å². The molecule has 16 heavy (non-hydrogen) atoms. The molecule has 1 rings (SSSR count). The maximum atomic E-state index is 7.17. The number of benzene rings is 1. The molecule has 0 unspecified atom stereocenters. The molecule has 88 valence electrons. The van der Waals surface area contributed by atoms with Crippen LogP contribution in [-0.4, -0.2) is 25.7 Å². The normalized spacial score (nSPS) is 10.1. The van der Waals surface area contributed by atoms with Gasteiger partial charge in [0.2, 0.25) is 0 Å². The molecule has 0 spiro atoms. The lowest BCUT2D eigenvalue weighted by Crippen LogP contribution is -2.12. The van der Waals surface area contributed by atoms with Crippen LogP contribution in [0.15, 0.2) is 24.3 Å². The lowest BCUT2D eigenvalue weighted by molar-refractivity contribution is 0.110. The van der Waals surface area contributed by atoms with Crippen LogP contribution in [-0.2, 0) is 11.2 Å². The number of rotatable bonds is 7. The van der Waals surface area contributed by atoms with E-state index in [4.69, 9.17) is 20.6 Å². The molecular weight excluding hydrogens is 204 g/mol. The Hall–Kier alpha value is -1.55. The van der Waals surface area contributed by atoms with Gasteiger partial charge in [0.15, 0.2) is 0 Å². The molecule has 0 saturated carbocycles. The Morgan fingerprint density at radius 2 is 1.94 bits per heavy atom. The van der Waals surface area contributed by atoms with Crippen LogP contribution >= 0.6 is 0 Å². The topological polar surface area (TPSA) is 68.3 Å². The summed E-state index contributed by atoms with van der Waals surface area (Å²) in [5.74, 6) is 0.983. The number of nitrogens with two attached hydrogens (primary N) is 1. The van der Waals surface area contributed by atoms with Crippen molar-refractivity contribution in [1.29, 1.82) is 5.41 Å². The highest BCUT2D eigenvalue weighted by molar-refractivity contribution is 5.79. The van der Waals surface area contributed by atoms with Crippen LogP contribution in [0.2, 0.25) is 0 Å². The summed E-state index contributed by atoms with van der Waals surface area (Å²) in [6, 6.07) is 7.59. The van der Waals surface area contributed by atoms with Gasteiger partial charge in [0.05, 0.1) is 12.4 Å². The van der Waals surface area contributed by atoms with Crippen molar-refractivity contribution in [2.45, 2.75) is 13.3 Å². The number of nitrogens with one attached hydrogen (secondary N) is 1. The van der Waals surface area contributed by atoms with E-state index in [2.05, 4.69) is 0 Å². The van der Waals surface area contributed by atoms with Crippen molar-refractivity contribution >= 4 is 5.84 Å². The van der Waals surface area contributed by atoms with E-state index >= 15 is 0 Å². The average molecular weight is 222 g/mol. The van der Waals surface area contributed by atoms with E-state index in [1.807, 2.05) is 31.2 Å². The summed E-state index contributed by atoms with van der Waals surface area (Å²) in [5.41, 5.74) is 6.33. The highest BCUT2D eigenvalue weighted by Gasteiger charge is 1.97. The van der Waals surface area contributed by atoms with Gasteiger partial charge in [-0.3, -0.25) is 5.41 Å². The van der Waals surface area contributed by atoms with Crippen LogP contribution in [0.1, 0.15) is 12.5 Å². The monoisotopic (exact) mass is 222 g/mol. The fourth-order valence-corrected chi connectivity index (χ4v) is 1.29. The van der Waals surface area contributed by atoms with Gasteiger partial charge in [-0.15, -0.1) is 0 Å². The Morgan fingerprint density at radius 3 is 2.50 bits per heavy atom. The smallest absolute Gasteiger partial charge is 0.119 e. The zero-order valence-electron chi connectivity index (χ0n) is 9.53. The maximum absolute atomic E-state index is 7.17. The minimum absolute atomic E-state index is 0.171. The third kappa shape index (κ3) is 4.79. The zero-order valence-corrected chi connectivity index (χ0v) is 9.53. The fraction of sp³-hybridized carbons (Fsp3) is 0.417. The summed E-state index contributed by atoms with van der Waals surface area (Å²) in [6.45, 7) is 3.82. The molecule has 0 radical (unpaired) electrons. The van der Waals surface area contributed by atoms with Gasteiger partial charge >= 0.3 is 0 Å². The molecule has 0 aromatic heterocycles. The second-order valence-corrected chi connectivity index (χ2v) is 3.39. The molecule has 0 atom stereocenters. The first-order chi connectivity index (χ1) is 7.72. The first-order valence-corrected chi connectivity index (χ1v) is 5.34. The van der Waals surface area contributed by atoms with Crippen molar-refractivity contribution < 1.29 is 9.47 Å². The standard InChI is InChI=1S/C12H18N2O2/c1-2-15-7-8-16-11-5-3-10(4-6-11)9-12(13)14/h3-6H,2,7-9H2,1H3,(H3,13,14). The maximum Gasteiger partial charge on any atom is 0.119 e. The number of hydrogen-bond acceptors (Lipinski definition) is 3. The highest BCUT2D eigenvalue weighted by Crippen LogP contribution is 2.12. The predicted molar refractivity (Wildman–Crippen MR) is 64.0 cm³/mol. The van der Waals surface area contributed by atoms with Crippen molar-refractivity contribution in [2.24, 2.45) is 5.73 Å². The van der Waals surface area contributed by atoms with E-state index in [1.54, 1.807) is 0 Å². The SMILES string of the molecule is CCOCCOc1ccc(CC(=N)N)cc1. The Balaban J connectivity index is 2.36. The molecule has 0 fully saturated rings. The summed E-state index contributed by atoms with van der Waals surface area (Å²) >= 11 is 0. The largest absolute Gasteiger partial charge is 0.491 e. The molecule has 0 amide bonds. The number of ether oxygens (including phenoxy) is 2. The van der Waals surface area contributed by atoms with E-state index in [9.17, 15) is 0 Å². The quantitative estimate of drug-likeness (QED) is 0.418.